The van der Waals surface area contributed by atoms with E-state index in [0.29, 0.717) is 38.3 Å². The normalized spacial score (nSPS) is 14.8. The minimum Gasteiger partial charge on any atom is -0.493 e. The number of ether oxygens (including phenoxy) is 3. The van der Waals surface area contributed by atoms with Crippen molar-refractivity contribution in [1.82, 2.24) is 14.8 Å². The van der Waals surface area contributed by atoms with Gasteiger partial charge in [0.05, 0.1) is 24.3 Å². The van der Waals surface area contributed by atoms with E-state index in [4.69, 9.17) is 19.3 Å². The highest BCUT2D eigenvalue weighted by Gasteiger charge is 2.36. The third-order valence-corrected chi connectivity index (χ3v) is 7.28. The molecule has 0 aliphatic carbocycles. The molecule has 8 nitrogen and oxygen atoms in total. The first-order chi connectivity index (χ1) is 17.5. The number of methoxy groups -OCH3 is 2. The number of carbonyl (C=O) groups excluding carboxylic acids is 1. The summed E-state index contributed by atoms with van der Waals surface area (Å²) < 4.78 is 19.3. The maximum absolute atomic E-state index is 13.5. The summed E-state index contributed by atoms with van der Waals surface area (Å²) in [7, 11) is 3.16. The molecule has 2 heterocycles. The summed E-state index contributed by atoms with van der Waals surface area (Å²) >= 11 is 5.18. The maximum atomic E-state index is 13.5. The Hall–Kier alpha value is -2.98. The first-order valence-electron chi connectivity index (χ1n) is 11.7. The van der Waals surface area contributed by atoms with Crippen LogP contribution in [0.15, 0.2) is 63.4 Å². The SMILES string of the molecule is CCCCSc1nc2n(n1)C(c1cc(Br)c(OC)c(OC)c1)C(C(=O)OCc1ccccc1)=C(C)N2. The van der Waals surface area contributed by atoms with Crippen molar-refractivity contribution in [2.75, 3.05) is 25.3 Å². The van der Waals surface area contributed by atoms with Crippen molar-refractivity contribution in [2.45, 2.75) is 44.5 Å². The number of hydrogen-bond acceptors (Lipinski definition) is 8. The lowest BCUT2D eigenvalue weighted by atomic mass is 9.95. The molecule has 190 valence electrons. The smallest absolute Gasteiger partial charge is 0.338 e. The Morgan fingerprint density at radius 3 is 2.67 bits per heavy atom. The highest BCUT2D eigenvalue weighted by atomic mass is 79.9. The lowest BCUT2D eigenvalue weighted by Crippen LogP contribution is -2.29. The Bertz CT molecular complexity index is 1260. The number of allylic oxidation sites excluding steroid dienone is 1. The van der Waals surface area contributed by atoms with Gasteiger partial charge in [0.2, 0.25) is 11.1 Å². The minimum atomic E-state index is -0.575. The molecule has 0 saturated carbocycles. The highest BCUT2D eigenvalue weighted by molar-refractivity contribution is 9.10. The van der Waals surface area contributed by atoms with E-state index in [1.54, 1.807) is 30.7 Å². The minimum absolute atomic E-state index is 0.168. The molecule has 2 aromatic carbocycles. The zero-order valence-electron chi connectivity index (χ0n) is 20.7. The molecule has 1 aliphatic heterocycles. The van der Waals surface area contributed by atoms with Crippen LogP contribution in [0.1, 0.15) is 43.9 Å². The van der Waals surface area contributed by atoms with Crippen LogP contribution in [-0.2, 0) is 16.1 Å². The number of fused-ring (bicyclic) bond motifs is 1. The number of nitrogens with one attached hydrogen (secondary N) is 1. The molecule has 36 heavy (non-hydrogen) atoms. The molecule has 0 fully saturated rings. The standard InChI is InChI=1S/C26H29BrN4O4S/c1-5-6-12-36-26-29-25-28-16(2)21(24(32)35-15-17-10-8-7-9-11-17)22(31(25)30-26)18-13-19(27)23(34-4)20(14-18)33-3/h7-11,13-14,22H,5-6,12,15H2,1-4H3,(H,28,29,30). The van der Waals surface area contributed by atoms with Crippen LogP contribution in [0.5, 0.6) is 11.5 Å². The zero-order valence-corrected chi connectivity index (χ0v) is 23.1. The molecule has 0 radical (unpaired) electrons. The first kappa shape index (κ1) is 26.1. The van der Waals surface area contributed by atoms with E-state index < -0.39 is 12.0 Å². The van der Waals surface area contributed by atoms with Crippen molar-refractivity contribution < 1.29 is 19.0 Å². The van der Waals surface area contributed by atoms with E-state index in [1.165, 1.54) is 0 Å². The van der Waals surface area contributed by atoms with E-state index >= 15 is 0 Å². The van der Waals surface area contributed by atoms with Gasteiger partial charge in [0.1, 0.15) is 12.6 Å². The molecular weight excluding hydrogens is 544 g/mol. The van der Waals surface area contributed by atoms with Crippen LogP contribution in [0.25, 0.3) is 0 Å². The fourth-order valence-electron chi connectivity index (χ4n) is 3.97. The monoisotopic (exact) mass is 572 g/mol. The molecule has 1 unspecified atom stereocenters. The topological polar surface area (TPSA) is 87.5 Å². The number of benzene rings is 2. The van der Waals surface area contributed by atoms with E-state index in [9.17, 15) is 4.79 Å². The Morgan fingerprint density at radius 1 is 1.19 bits per heavy atom. The molecular formula is C26H29BrN4O4S. The maximum Gasteiger partial charge on any atom is 0.338 e. The summed E-state index contributed by atoms with van der Waals surface area (Å²) in [5.41, 5.74) is 2.80. The molecule has 0 spiro atoms. The van der Waals surface area contributed by atoms with Crippen LogP contribution in [0, 0.1) is 0 Å². The van der Waals surface area contributed by atoms with E-state index in [2.05, 4.69) is 33.2 Å². The van der Waals surface area contributed by atoms with Crippen molar-refractivity contribution >= 4 is 39.6 Å². The van der Waals surface area contributed by atoms with Crippen molar-refractivity contribution in [3.8, 4) is 11.5 Å². The Kier molecular flexibility index (Phi) is 8.58. The van der Waals surface area contributed by atoms with E-state index in [1.807, 2.05) is 49.4 Å². The van der Waals surface area contributed by atoms with Crippen LogP contribution < -0.4 is 14.8 Å². The van der Waals surface area contributed by atoms with Crippen molar-refractivity contribution in [1.29, 1.82) is 0 Å². The molecule has 3 aromatic rings. The number of unbranched alkanes of at least 4 members (excludes halogenated alkanes) is 1. The molecule has 1 aromatic heterocycles. The van der Waals surface area contributed by atoms with Gasteiger partial charge in [0.25, 0.3) is 0 Å². The third-order valence-electron chi connectivity index (χ3n) is 5.77. The molecule has 1 atom stereocenters. The molecule has 1 aliphatic rings. The van der Waals surface area contributed by atoms with Crippen LogP contribution in [0.3, 0.4) is 0 Å². The van der Waals surface area contributed by atoms with Gasteiger partial charge in [0, 0.05) is 11.4 Å². The van der Waals surface area contributed by atoms with Crippen LogP contribution in [0.4, 0.5) is 5.95 Å². The Balaban J connectivity index is 1.75. The molecule has 0 saturated heterocycles. The fourth-order valence-corrected chi connectivity index (χ4v) is 5.50. The highest BCUT2D eigenvalue weighted by Crippen LogP contribution is 2.43. The predicted molar refractivity (Wildman–Crippen MR) is 144 cm³/mol. The van der Waals surface area contributed by atoms with Gasteiger partial charge in [-0.1, -0.05) is 55.4 Å². The predicted octanol–water partition coefficient (Wildman–Crippen LogP) is 5.98. The van der Waals surface area contributed by atoms with Gasteiger partial charge < -0.3 is 19.5 Å². The number of hydrogen-bond donors (Lipinski definition) is 1. The quantitative estimate of drug-likeness (QED) is 0.180. The van der Waals surface area contributed by atoms with Gasteiger partial charge in [-0.05, 0) is 52.5 Å². The largest absolute Gasteiger partial charge is 0.493 e. The average Bonchev–Trinajstić information content (AvgIpc) is 3.28. The van der Waals surface area contributed by atoms with Crippen LogP contribution in [0.2, 0.25) is 0 Å². The summed E-state index contributed by atoms with van der Waals surface area (Å²) in [4.78, 5) is 18.2. The number of aromatic nitrogens is 3. The summed E-state index contributed by atoms with van der Waals surface area (Å²) in [6.07, 6.45) is 2.17. The van der Waals surface area contributed by atoms with Gasteiger partial charge in [-0.2, -0.15) is 4.98 Å². The van der Waals surface area contributed by atoms with Gasteiger partial charge in [0.15, 0.2) is 11.5 Å². The van der Waals surface area contributed by atoms with Gasteiger partial charge in [-0.25, -0.2) is 9.48 Å². The number of anilines is 1. The van der Waals surface area contributed by atoms with Crippen molar-refractivity contribution in [3.63, 3.8) is 0 Å². The van der Waals surface area contributed by atoms with Gasteiger partial charge in [-0.3, -0.25) is 0 Å². The molecule has 1 N–H and O–H groups in total. The first-order valence-corrected chi connectivity index (χ1v) is 13.4. The number of thioether (sulfide) groups is 1. The Morgan fingerprint density at radius 2 is 1.97 bits per heavy atom. The van der Waals surface area contributed by atoms with Gasteiger partial charge in [-0.15, -0.1) is 5.10 Å². The summed E-state index contributed by atoms with van der Waals surface area (Å²) in [6.45, 7) is 4.17. The number of carbonyl (C=O) groups is 1. The molecule has 0 amide bonds. The van der Waals surface area contributed by atoms with E-state index in [-0.39, 0.29) is 6.61 Å². The molecule has 10 heteroatoms. The number of esters is 1. The van der Waals surface area contributed by atoms with Crippen LogP contribution in [-0.4, -0.2) is 40.7 Å². The average molecular weight is 574 g/mol. The summed E-state index contributed by atoms with van der Waals surface area (Å²) in [6, 6.07) is 12.8. The lowest BCUT2D eigenvalue weighted by Gasteiger charge is -2.28. The summed E-state index contributed by atoms with van der Waals surface area (Å²) in [5, 5.41) is 8.68. The number of nitrogens with zero attached hydrogens (tertiary/aromatic N) is 3. The third kappa shape index (κ3) is 5.54. The van der Waals surface area contributed by atoms with Crippen LogP contribution >= 0.6 is 27.7 Å². The van der Waals surface area contributed by atoms with Crippen molar-refractivity contribution in [3.05, 3.63) is 69.3 Å². The number of rotatable bonds is 10. The molecule has 4 rings (SSSR count). The second-order valence-electron chi connectivity index (χ2n) is 8.23. The zero-order chi connectivity index (χ0) is 25.7. The van der Waals surface area contributed by atoms with E-state index in [0.717, 1.165) is 29.7 Å². The fraction of sp³-hybridized carbons (Fsp3) is 0.346. The van der Waals surface area contributed by atoms with Crippen molar-refractivity contribution in [2.24, 2.45) is 0 Å². The Labute approximate surface area is 223 Å². The second-order valence-corrected chi connectivity index (χ2v) is 10.1. The number of halogens is 1. The van der Waals surface area contributed by atoms with Gasteiger partial charge >= 0.3 is 5.97 Å². The summed E-state index contributed by atoms with van der Waals surface area (Å²) in [5.74, 6) is 2.17. The molecule has 0 bridgehead atoms. The second kappa shape index (κ2) is 11.8. The lowest BCUT2D eigenvalue weighted by molar-refractivity contribution is -0.140.